The van der Waals surface area contributed by atoms with E-state index in [9.17, 15) is 9.50 Å². The Kier molecular flexibility index (Phi) is 3.42. The summed E-state index contributed by atoms with van der Waals surface area (Å²) in [6.07, 6.45) is 1.70. The second-order valence-corrected chi connectivity index (χ2v) is 4.24. The first-order chi connectivity index (χ1) is 8.56. The number of aryl methyl sites for hydroxylation is 2. The lowest BCUT2D eigenvalue weighted by Crippen LogP contribution is -1.87. The van der Waals surface area contributed by atoms with Crippen LogP contribution in [0.25, 0.3) is 0 Å². The van der Waals surface area contributed by atoms with Gasteiger partial charge >= 0.3 is 0 Å². The number of rotatable bonds is 2. The molecule has 2 aromatic rings. The topological polar surface area (TPSA) is 32.6 Å². The van der Waals surface area contributed by atoms with Crippen molar-refractivity contribution in [2.24, 2.45) is 4.99 Å². The van der Waals surface area contributed by atoms with Gasteiger partial charge in [-0.05, 0) is 66.9 Å². The molecule has 0 saturated carbocycles. The van der Waals surface area contributed by atoms with Crippen LogP contribution in [0.1, 0.15) is 16.7 Å². The lowest BCUT2D eigenvalue weighted by Gasteiger charge is -2.04. The van der Waals surface area contributed by atoms with Crippen molar-refractivity contribution in [3.8, 4) is 5.75 Å². The number of halogens is 1. The van der Waals surface area contributed by atoms with E-state index in [-0.39, 0.29) is 5.82 Å². The normalized spacial score (nSPS) is 11.1. The molecule has 0 atom stereocenters. The zero-order chi connectivity index (χ0) is 13.1. The lowest BCUT2D eigenvalue weighted by molar-refractivity contribution is 0.467. The van der Waals surface area contributed by atoms with E-state index in [1.165, 1.54) is 12.1 Å². The predicted octanol–water partition coefficient (Wildman–Crippen LogP) is 3.90. The fourth-order valence-electron chi connectivity index (χ4n) is 1.74. The first-order valence-corrected chi connectivity index (χ1v) is 5.66. The van der Waals surface area contributed by atoms with Crippen molar-refractivity contribution in [3.63, 3.8) is 0 Å². The average molecular weight is 243 g/mol. The Morgan fingerprint density at radius 2 is 1.61 bits per heavy atom. The largest absolute Gasteiger partial charge is 0.507 e. The van der Waals surface area contributed by atoms with E-state index in [0.29, 0.717) is 11.4 Å². The third-order valence-electron chi connectivity index (χ3n) is 2.70. The zero-order valence-electron chi connectivity index (χ0n) is 10.3. The highest BCUT2D eigenvalue weighted by Gasteiger charge is 2.01. The Labute approximate surface area is 105 Å². The van der Waals surface area contributed by atoms with Gasteiger partial charge < -0.3 is 5.11 Å². The molecule has 1 N–H and O–H groups in total. The van der Waals surface area contributed by atoms with Gasteiger partial charge in [-0.2, -0.15) is 0 Å². The van der Waals surface area contributed by atoms with Crippen LogP contribution < -0.4 is 0 Å². The van der Waals surface area contributed by atoms with Gasteiger partial charge in [-0.15, -0.1) is 0 Å². The summed E-state index contributed by atoms with van der Waals surface area (Å²) >= 11 is 0. The van der Waals surface area contributed by atoms with Crippen LogP contribution in [-0.2, 0) is 0 Å². The van der Waals surface area contributed by atoms with Gasteiger partial charge in [0.2, 0.25) is 0 Å². The smallest absolute Gasteiger partial charge is 0.123 e. The lowest BCUT2D eigenvalue weighted by atomic mass is 10.1. The quantitative estimate of drug-likeness (QED) is 0.797. The third-order valence-corrected chi connectivity index (χ3v) is 2.70. The van der Waals surface area contributed by atoms with Crippen molar-refractivity contribution >= 4 is 11.9 Å². The van der Waals surface area contributed by atoms with Crippen molar-refractivity contribution in [2.45, 2.75) is 13.8 Å². The summed E-state index contributed by atoms with van der Waals surface area (Å²) in [6.45, 7) is 3.69. The molecule has 0 radical (unpaired) electrons. The van der Waals surface area contributed by atoms with Crippen LogP contribution in [0.15, 0.2) is 41.4 Å². The number of nitrogens with zero attached hydrogens (tertiary/aromatic N) is 1. The molecule has 0 saturated heterocycles. The Hall–Kier alpha value is -2.16. The molecule has 2 aromatic carbocycles. The molecule has 2 rings (SSSR count). The van der Waals surface area contributed by atoms with E-state index in [1.807, 2.05) is 26.0 Å². The highest BCUT2D eigenvalue weighted by Crippen LogP contribution is 2.22. The Bertz CT molecular complexity index is 565. The highest BCUT2D eigenvalue weighted by atomic mass is 19.1. The Morgan fingerprint density at radius 3 is 2.17 bits per heavy atom. The molecule has 0 aromatic heterocycles. The maximum absolute atomic E-state index is 12.7. The Morgan fingerprint density at radius 1 is 1.06 bits per heavy atom. The number of phenols is 1. The highest BCUT2D eigenvalue weighted by molar-refractivity contribution is 5.83. The van der Waals surface area contributed by atoms with Gasteiger partial charge in [0.1, 0.15) is 11.6 Å². The van der Waals surface area contributed by atoms with Crippen LogP contribution in [0.4, 0.5) is 10.1 Å². The van der Waals surface area contributed by atoms with Crippen molar-refractivity contribution in [1.29, 1.82) is 0 Å². The summed E-state index contributed by atoms with van der Waals surface area (Å²) in [4.78, 5) is 4.26. The van der Waals surface area contributed by atoms with Crippen molar-refractivity contribution in [3.05, 3.63) is 58.9 Å². The first kappa shape index (κ1) is 12.3. The molecule has 0 heterocycles. The minimum atomic E-state index is -0.273. The van der Waals surface area contributed by atoms with Crippen LogP contribution in [-0.4, -0.2) is 11.3 Å². The Balaban J connectivity index is 2.26. The third kappa shape index (κ3) is 2.74. The molecule has 0 spiro atoms. The molecular formula is C15H14FNO. The fraction of sp³-hybridized carbons (Fsp3) is 0.133. The summed E-state index contributed by atoms with van der Waals surface area (Å²) in [7, 11) is 0. The first-order valence-electron chi connectivity index (χ1n) is 5.66. The number of aromatic hydroxyl groups is 1. The van der Waals surface area contributed by atoms with Gasteiger partial charge in [-0.3, -0.25) is 4.99 Å². The molecule has 3 heteroatoms. The van der Waals surface area contributed by atoms with Crippen LogP contribution in [0.3, 0.4) is 0 Å². The van der Waals surface area contributed by atoms with E-state index in [2.05, 4.69) is 4.99 Å². The monoisotopic (exact) mass is 243 g/mol. The molecule has 0 aliphatic heterocycles. The minimum Gasteiger partial charge on any atom is -0.507 e. The molecule has 0 fully saturated rings. The zero-order valence-corrected chi connectivity index (χ0v) is 10.3. The van der Waals surface area contributed by atoms with Crippen molar-refractivity contribution < 1.29 is 9.50 Å². The SMILES string of the molecule is Cc1cc(C=Nc2ccc(F)cc2)cc(C)c1O. The van der Waals surface area contributed by atoms with Crippen LogP contribution >= 0.6 is 0 Å². The van der Waals surface area contributed by atoms with E-state index in [4.69, 9.17) is 0 Å². The number of hydrogen-bond acceptors (Lipinski definition) is 2. The molecule has 0 aliphatic rings. The van der Waals surface area contributed by atoms with Crippen LogP contribution in [0.5, 0.6) is 5.75 Å². The van der Waals surface area contributed by atoms with E-state index in [0.717, 1.165) is 16.7 Å². The van der Waals surface area contributed by atoms with Gasteiger partial charge in [0.25, 0.3) is 0 Å². The summed E-state index contributed by atoms with van der Waals surface area (Å²) in [6, 6.07) is 9.70. The fourth-order valence-corrected chi connectivity index (χ4v) is 1.74. The van der Waals surface area contributed by atoms with Crippen LogP contribution in [0.2, 0.25) is 0 Å². The maximum atomic E-state index is 12.7. The molecule has 18 heavy (non-hydrogen) atoms. The summed E-state index contributed by atoms with van der Waals surface area (Å²) < 4.78 is 12.7. The van der Waals surface area contributed by atoms with E-state index in [1.54, 1.807) is 18.3 Å². The van der Waals surface area contributed by atoms with Crippen LogP contribution in [0, 0.1) is 19.7 Å². The van der Waals surface area contributed by atoms with Crippen molar-refractivity contribution in [2.75, 3.05) is 0 Å². The molecule has 0 aliphatic carbocycles. The molecule has 92 valence electrons. The number of benzene rings is 2. The van der Waals surface area contributed by atoms with E-state index >= 15 is 0 Å². The van der Waals surface area contributed by atoms with Gasteiger partial charge in [-0.1, -0.05) is 0 Å². The van der Waals surface area contributed by atoms with Gasteiger partial charge in [0.05, 0.1) is 5.69 Å². The standard InChI is InChI=1S/C15H14FNO/c1-10-7-12(8-11(2)15(10)18)9-17-14-5-3-13(16)4-6-14/h3-9,18H,1-2H3. The summed E-state index contributed by atoms with van der Waals surface area (Å²) in [5.74, 6) is 0.0409. The molecule has 2 nitrogen and oxygen atoms in total. The average Bonchev–Trinajstić information content (AvgIpc) is 2.35. The summed E-state index contributed by atoms with van der Waals surface area (Å²) in [5, 5.41) is 9.66. The van der Waals surface area contributed by atoms with Gasteiger partial charge in [0, 0.05) is 6.21 Å². The molecule has 0 amide bonds. The minimum absolute atomic E-state index is 0.273. The number of aliphatic imine (C=N–C) groups is 1. The summed E-state index contributed by atoms with van der Waals surface area (Å²) in [5.41, 5.74) is 3.23. The number of phenolic OH excluding ortho intramolecular Hbond substituents is 1. The second-order valence-electron chi connectivity index (χ2n) is 4.24. The molecule has 0 bridgehead atoms. The van der Waals surface area contributed by atoms with Crippen molar-refractivity contribution in [1.82, 2.24) is 0 Å². The maximum Gasteiger partial charge on any atom is 0.123 e. The number of hydrogen-bond donors (Lipinski definition) is 1. The van der Waals surface area contributed by atoms with E-state index < -0.39 is 0 Å². The molecular weight excluding hydrogens is 229 g/mol. The predicted molar refractivity (Wildman–Crippen MR) is 71.2 cm³/mol. The van der Waals surface area contributed by atoms with Gasteiger partial charge in [-0.25, -0.2) is 4.39 Å². The van der Waals surface area contributed by atoms with Gasteiger partial charge in [0.15, 0.2) is 0 Å². The second kappa shape index (κ2) is 5.00. The molecule has 0 unspecified atom stereocenters.